The van der Waals surface area contributed by atoms with Gasteiger partial charge in [-0.15, -0.1) is 0 Å². The summed E-state index contributed by atoms with van der Waals surface area (Å²) in [4.78, 5) is 26.3. The van der Waals surface area contributed by atoms with Crippen molar-refractivity contribution in [3.05, 3.63) is 0 Å². The number of carboxylic acid groups (broad SMARTS) is 1. The Labute approximate surface area is 125 Å². The molecule has 0 spiro atoms. The van der Waals surface area contributed by atoms with Gasteiger partial charge in [0.2, 0.25) is 0 Å². The fourth-order valence-corrected chi connectivity index (χ4v) is 4.05. The second-order valence-electron chi connectivity index (χ2n) is 6.49. The van der Waals surface area contributed by atoms with Gasteiger partial charge in [0, 0.05) is 13.0 Å². The minimum absolute atomic E-state index is 0.0841. The van der Waals surface area contributed by atoms with Crippen molar-refractivity contribution in [2.75, 3.05) is 26.8 Å². The SMILES string of the molecule is COCC1(C(C)C(C)[C@H](N)C(=O)O)C(=O)C2CCN1CC2. The zero-order valence-electron chi connectivity index (χ0n) is 13.0. The van der Waals surface area contributed by atoms with Crippen LogP contribution in [0, 0.1) is 17.8 Å². The topological polar surface area (TPSA) is 92.9 Å². The molecule has 0 radical (unpaired) electrons. The first-order chi connectivity index (χ1) is 9.86. The van der Waals surface area contributed by atoms with Crippen molar-refractivity contribution in [1.82, 2.24) is 4.90 Å². The molecule has 3 aliphatic heterocycles. The predicted octanol–water partition coefficient (Wildman–Crippen LogP) is 0.350. The minimum Gasteiger partial charge on any atom is -0.480 e. The highest BCUT2D eigenvalue weighted by molar-refractivity contribution is 5.92. The van der Waals surface area contributed by atoms with Crippen LogP contribution in [0.15, 0.2) is 0 Å². The highest BCUT2D eigenvalue weighted by Gasteiger charge is 2.57. The number of hydrogen-bond donors (Lipinski definition) is 2. The number of nitrogens with two attached hydrogens (primary N) is 1. The molecule has 0 aliphatic carbocycles. The molecule has 6 nitrogen and oxygen atoms in total. The number of hydrogen-bond acceptors (Lipinski definition) is 5. The highest BCUT2D eigenvalue weighted by atomic mass is 16.5. The van der Waals surface area contributed by atoms with E-state index in [2.05, 4.69) is 4.90 Å². The minimum atomic E-state index is -1.02. The number of fused-ring (bicyclic) bond motifs is 3. The van der Waals surface area contributed by atoms with Crippen LogP contribution in [0.1, 0.15) is 26.7 Å². The van der Waals surface area contributed by atoms with Crippen LogP contribution in [0.4, 0.5) is 0 Å². The summed E-state index contributed by atoms with van der Waals surface area (Å²) in [6.07, 6.45) is 1.80. The average Bonchev–Trinajstić information content (AvgIpc) is 2.49. The van der Waals surface area contributed by atoms with Crippen LogP contribution in [-0.2, 0) is 14.3 Å². The van der Waals surface area contributed by atoms with Gasteiger partial charge in [0.05, 0.1) is 6.61 Å². The smallest absolute Gasteiger partial charge is 0.320 e. The van der Waals surface area contributed by atoms with Crippen molar-refractivity contribution in [3.8, 4) is 0 Å². The predicted molar refractivity (Wildman–Crippen MR) is 77.9 cm³/mol. The van der Waals surface area contributed by atoms with E-state index < -0.39 is 17.6 Å². The third-order valence-electron chi connectivity index (χ3n) is 5.61. The van der Waals surface area contributed by atoms with Gasteiger partial charge in [-0.3, -0.25) is 14.5 Å². The van der Waals surface area contributed by atoms with Crippen LogP contribution >= 0.6 is 0 Å². The number of methoxy groups -OCH3 is 1. The molecule has 0 aromatic rings. The molecular weight excluding hydrogens is 272 g/mol. The summed E-state index contributed by atoms with van der Waals surface area (Å²) >= 11 is 0. The molecule has 21 heavy (non-hydrogen) atoms. The lowest BCUT2D eigenvalue weighted by atomic mass is 9.64. The van der Waals surface area contributed by atoms with E-state index in [1.54, 1.807) is 7.11 Å². The Morgan fingerprint density at radius 3 is 2.48 bits per heavy atom. The van der Waals surface area contributed by atoms with Crippen LogP contribution in [0.3, 0.4) is 0 Å². The lowest BCUT2D eigenvalue weighted by Crippen LogP contribution is -2.71. The molecule has 3 unspecified atom stereocenters. The lowest BCUT2D eigenvalue weighted by molar-refractivity contribution is -0.164. The second-order valence-corrected chi connectivity index (χ2v) is 6.49. The van der Waals surface area contributed by atoms with E-state index in [-0.39, 0.29) is 23.5 Å². The normalized spacial score (nSPS) is 36.3. The molecule has 3 saturated heterocycles. The largest absolute Gasteiger partial charge is 0.480 e. The number of ether oxygens (including phenoxy) is 1. The number of carboxylic acids is 1. The standard InChI is InChI=1S/C15H26N2O4/c1-9(12(16)14(19)20)10(2)15(8-21-3)13(18)11-4-6-17(15)7-5-11/h9-12H,4-8,16H2,1-3H3,(H,19,20)/t9?,10?,12-,15?/m0/s1. The van der Waals surface area contributed by atoms with Crippen LogP contribution in [0.25, 0.3) is 0 Å². The van der Waals surface area contributed by atoms with Gasteiger partial charge in [0.15, 0.2) is 5.78 Å². The maximum Gasteiger partial charge on any atom is 0.320 e. The molecule has 0 amide bonds. The van der Waals surface area contributed by atoms with Crippen LogP contribution < -0.4 is 5.73 Å². The van der Waals surface area contributed by atoms with E-state index in [1.165, 1.54) is 0 Å². The fourth-order valence-electron chi connectivity index (χ4n) is 4.05. The summed E-state index contributed by atoms with van der Waals surface area (Å²) in [5.41, 5.74) is 5.08. The third kappa shape index (κ3) is 2.49. The van der Waals surface area contributed by atoms with Gasteiger partial charge >= 0.3 is 5.97 Å². The summed E-state index contributed by atoms with van der Waals surface area (Å²) in [6, 6.07) is -0.969. The molecule has 3 aliphatic rings. The first kappa shape index (κ1) is 16.4. The van der Waals surface area contributed by atoms with Crippen molar-refractivity contribution in [2.45, 2.75) is 38.3 Å². The van der Waals surface area contributed by atoms with E-state index in [0.717, 1.165) is 25.9 Å². The molecule has 0 aromatic carbocycles. The number of nitrogens with zero attached hydrogens (tertiary/aromatic N) is 1. The second kappa shape index (κ2) is 6.02. The molecular formula is C15H26N2O4. The van der Waals surface area contributed by atoms with Gasteiger partial charge in [0.25, 0.3) is 0 Å². The summed E-state index contributed by atoms with van der Waals surface area (Å²) < 4.78 is 5.37. The molecule has 6 heteroatoms. The van der Waals surface area contributed by atoms with Crippen LogP contribution in [0.2, 0.25) is 0 Å². The number of carbonyl (C=O) groups excluding carboxylic acids is 1. The van der Waals surface area contributed by atoms with Gasteiger partial charge in [0.1, 0.15) is 11.6 Å². The van der Waals surface area contributed by atoms with Crippen molar-refractivity contribution >= 4 is 11.8 Å². The Balaban J connectivity index is 2.33. The molecule has 120 valence electrons. The van der Waals surface area contributed by atoms with E-state index >= 15 is 0 Å². The Kier molecular flexibility index (Phi) is 4.70. The number of carbonyl (C=O) groups is 2. The molecule has 3 heterocycles. The van der Waals surface area contributed by atoms with E-state index in [4.69, 9.17) is 15.6 Å². The van der Waals surface area contributed by atoms with Crippen molar-refractivity contribution in [3.63, 3.8) is 0 Å². The first-order valence-electron chi connectivity index (χ1n) is 7.63. The average molecular weight is 298 g/mol. The van der Waals surface area contributed by atoms with Crippen LogP contribution in [-0.4, -0.2) is 60.1 Å². The molecule has 3 fully saturated rings. The van der Waals surface area contributed by atoms with Gasteiger partial charge < -0.3 is 15.6 Å². The maximum atomic E-state index is 12.9. The summed E-state index contributed by atoms with van der Waals surface area (Å²) in [6.45, 7) is 5.81. The Morgan fingerprint density at radius 1 is 1.48 bits per heavy atom. The Morgan fingerprint density at radius 2 is 2.05 bits per heavy atom. The summed E-state index contributed by atoms with van der Waals surface area (Å²) in [7, 11) is 1.59. The number of aliphatic carboxylic acids is 1. The Hall–Kier alpha value is -0.980. The number of Topliss-reactive ketones (excluding diaryl/α,β-unsaturated/α-hetero) is 1. The van der Waals surface area contributed by atoms with Gasteiger partial charge in [-0.2, -0.15) is 0 Å². The zero-order valence-corrected chi connectivity index (χ0v) is 13.0. The van der Waals surface area contributed by atoms with E-state index in [9.17, 15) is 9.59 Å². The van der Waals surface area contributed by atoms with E-state index in [1.807, 2.05) is 13.8 Å². The molecule has 2 bridgehead atoms. The molecule has 3 N–H and O–H groups in total. The molecule has 0 saturated carbocycles. The summed E-state index contributed by atoms with van der Waals surface area (Å²) in [5, 5.41) is 9.16. The molecule has 0 aromatic heterocycles. The van der Waals surface area contributed by atoms with E-state index in [0.29, 0.717) is 6.61 Å². The number of piperidine rings is 3. The Bertz CT molecular complexity index is 420. The quantitative estimate of drug-likeness (QED) is 0.735. The third-order valence-corrected chi connectivity index (χ3v) is 5.61. The van der Waals surface area contributed by atoms with Crippen molar-refractivity contribution in [2.24, 2.45) is 23.5 Å². The maximum absolute atomic E-state index is 12.9. The lowest BCUT2D eigenvalue weighted by Gasteiger charge is -2.56. The zero-order chi connectivity index (χ0) is 15.8. The molecule has 4 atom stereocenters. The highest BCUT2D eigenvalue weighted by Crippen LogP contribution is 2.43. The number of rotatable bonds is 6. The van der Waals surface area contributed by atoms with Gasteiger partial charge in [-0.25, -0.2) is 0 Å². The van der Waals surface area contributed by atoms with Crippen molar-refractivity contribution < 1.29 is 19.4 Å². The van der Waals surface area contributed by atoms with Crippen LogP contribution in [0.5, 0.6) is 0 Å². The monoisotopic (exact) mass is 298 g/mol. The summed E-state index contributed by atoms with van der Waals surface area (Å²) in [5.74, 6) is -1.20. The van der Waals surface area contributed by atoms with Gasteiger partial charge in [-0.1, -0.05) is 13.8 Å². The van der Waals surface area contributed by atoms with Gasteiger partial charge in [-0.05, 0) is 37.8 Å². The first-order valence-corrected chi connectivity index (χ1v) is 7.63. The molecule has 3 rings (SSSR count). The fraction of sp³-hybridized carbons (Fsp3) is 0.867. The number of ketones is 1. The van der Waals surface area contributed by atoms with Crippen molar-refractivity contribution in [1.29, 1.82) is 0 Å².